The third-order valence-corrected chi connectivity index (χ3v) is 4.35. The predicted molar refractivity (Wildman–Crippen MR) is 115 cm³/mol. The molecule has 2 aromatic carbocycles. The number of nitrogens with one attached hydrogen (secondary N) is 1. The standard InChI is InChI=1S/C22H26N2O6/c1-13(8-14-6-7-17(27-2)16(9-14)24-20(25)12-23)21(26)15-10-18(28-3)22(30-5)19(11-15)29-4/h6-11H,12,23H2,1-5H3,(H,24,25)/b13-8+. The molecule has 0 saturated heterocycles. The van der Waals surface area contributed by atoms with Crippen LogP contribution in [0.15, 0.2) is 35.9 Å². The van der Waals surface area contributed by atoms with Crippen molar-refractivity contribution >= 4 is 23.5 Å². The van der Waals surface area contributed by atoms with Crippen LogP contribution in [0.5, 0.6) is 23.0 Å². The number of carbonyl (C=O) groups excluding carboxylic acids is 2. The second kappa shape index (κ2) is 10.3. The zero-order valence-corrected chi connectivity index (χ0v) is 17.7. The highest BCUT2D eigenvalue weighted by Crippen LogP contribution is 2.38. The van der Waals surface area contributed by atoms with E-state index in [1.165, 1.54) is 28.4 Å². The molecule has 0 saturated carbocycles. The van der Waals surface area contributed by atoms with Crippen molar-refractivity contribution in [3.8, 4) is 23.0 Å². The van der Waals surface area contributed by atoms with Crippen LogP contribution in [-0.2, 0) is 4.79 Å². The molecule has 8 nitrogen and oxygen atoms in total. The van der Waals surface area contributed by atoms with Crippen LogP contribution >= 0.6 is 0 Å². The Balaban J connectivity index is 2.40. The number of ether oxygens (including phenoxy) is 4. The number of rotatable bonds is 9. The molecule has 0 heterocycles. The Hall–Kier alpha value is -3.52. The van der Waals surface area contributed by atoms with Crippen molar-refractivity contribution in [1.82, 2.24) is 0 Å². The average molecular weight is 414 g/mol. The minimum Gasteiger partial charge on any atom is -0.495 e. The highest BCUT2D eigenvalue weighted by Gasteiger charge is 2.18. The second-order valence-corrected chi connectivity index (χ2v) is 6.28. The Labute approximate surface area is 175 Å². The van der Waals surface area contributed by atoms with E-state index in [0.29, 0.717) is 45.4 Å². The molecule has 1 amide bonds. The van der Waals surface area contributed by atoms with Crippen molar-refractivity contribution in [3.05, 3.63) is 47.0 Å². The van der Waals surface area contributed by atoms with Gasteiger partial charge in [-0.05, 0) is 48.4 Å². The molecule has 3 N–H and O–H groups in total. The van der Waals surface area contributed by atoms with Gasteiger partial charge >= 0.3 is 0 Å². The first-order valence-corrected chi connectivity index (χ1v) is 9.09. The van der Waals surface area contributed by atoms with E-state index in [9.17, 15) is 9.59 Å². The fourth-order valence-electron chi connectivity index (χ4n) is 2.87. The van der Waals surface area contributed by atoms with E-state index < -0.39 is 0 Å². The number of anilines is 1. The van der Waals surface area contributed by atoms with E-state index in [1.807, 2.05) is 0 Å². The Kier molecular flexibility index (Phi) is 7.83. The largest absolute Gasteiger partial charge is 0.495 e. The van der Waals surface area contributed by atoms with Gasteiger partial charge in [0.05, 0.1) is 40.7 Å². The van der Waals surface area contributed by atoms with Gasteiger partial charge in [-0.1, -0.05) is 6.07 Å². The van der Waals surface area contributed by atoms with E-state index >= 15 is 0 Å². The van der Waals surface area contributed by atoms with Gasteiger partial charge in [0.2, 0.25) is 11.7 Å². The van der Waals surface area contributed by atoms with Crippen molar-refractivity contribution < 1.29 is 28.5 Å². The summed E-state index contributed by atoms with van der Waals surface area (Å²) in [6, 6.07) is 8.39. The number of Topliss-reactive ketones (excluding diaryl/α,β-unsaturated/α-hetero) is 1. The van der Waals surface area contributed by atoms with Crippen LogP contribution in [0, 0.1) is 0 Å². The van der Waals surface area contributed by atoms with Crippen LogP contribution in [-0.4, -0.2) is 46.7 Å². The minimum absolute atomic E-state index is 0.151. The first-order chi connectivity index (χ1) is 14.4. The lowest BCUT2D eigenvalue weighted by atomic mass is 10.0. The van der Waals surface area contributed by atoms with Gasteiger partial charge in [-0.25, -0.2) is 0 Å². The lowest BCUT2D eigenvalue weighted by Crippen LogP contribution is -2.22. The summed E-state index contributed by atoms with van der Waals surface area (Å²) in [6.45, 7) is 1.55. The number of methoxy groups -OCH3 is 4. The summed E-state index contributed by atoms with van der Waals surface area (Å²) in [5, 5.41) is 2.68. The highest BCUT2D eigenvalue weighted by atomic mass is 16.5. The SMILES string of the molecule is COc1ccc(/C=C(\C)C(=O)c2cc(OC)c(OC)c(OC)c2)cc1NC(=O)CN. The van der Waals surface area contributed by atoms with Crippen LogP contribution in [0.1, 0.15) is 22.8 Å². The number of amides is 1. The number of ketones is 1. The smallest absolute Gasteiger partial charge is 0.238 e. The van der Waals surface area contributed by atoms with Gasteiger partial charge in [-0.3, -0.25) is 9.59 Å². The maximum atomic E-state index is 13.0. The molecular formula is C22H26N2O6. The first-order valence-electron chi connectivity index (χ1n) is 9.09. The van der Waals surface area contributed by atoms with Gasteiger partial charge in [0, 0.05) is 5.56 Å². The van der Waals surface area contributed by atoms with Crippen LogP contribution in [0.3, 0.4) is 0 Å². The lowest BCUT2D eigenvalue weighted by molar-refractivity contribution is -0.114. The summed E-state index contributed by atoms with van der Waals surface area (Å²) in [5.74, 6) is 1.13. The van der Waals surface area contributed by atoms with Crippen LogP contribution < -0.4 is 30.0 Å². The van der Waals surface area contributed by atoms with E-state index in [-0.39, 0.29) is 18.2 Å². The zero-order chi connectivity index (χ0) is 22.3. The molecule has 0 radical (unpaired) electrons. The molecular weight excluding hydrogens is 388 g/mol. The van der Waals surface area contributed by atoms with E-state index in [4.69, 9.17) is 24.7 Å². The van der Waals surface area contributed by atoms with Crippen molar-refractivity contribution in [3.63, 3.8) is 0 Å². The number of nitrogens with two attached hydrogens (primary N) is 1. The van der Waals surface area contributed by atoms with E-state index in [0.717, 1.165) is 0 Å². The Morgan fingerprint density at radius 1 is 0.933 bits per heavy atom. The molecule has 0 aliphatic carbocycles. The van der Waals surface area contributed by atoms with Gasteiger partial charge in [0.1, 0.15) is 5.75 Å². The molecule has 0 bridgehead atoms. The Bertz CT molecular complexity index is 943. The fraction of sp³-hybridized carbons (Fsp3) is 0.273. The lowest BCUT2D eigenvalue weighted by Gasteiger charge is -2.14. The average Bonchev–Trinajstić information content (AvgIpc) is 2.77. The monoisotopic (exact) mass is 414 g/mol. The maximum absolute atomic E-state index is 13.0. The van der Waals surface area contributed by atoms with Crippen molar-refractivity contribution in [2.24, 2.45) is 5.73 Å². The van der Waals surface area contributed by atoms with Crippen LogP contribution in [0.2, 0.25) is 0 Å². The summed E-state index contributed by atoms with van der Waals surface area (Å²) in [5.41, 5.74) is 7.41. The molecule has 0 fully saturated rings. The molecule has 2 aromatic rings. The molecule has 0 atom stereocenters. The first kappa shape index (κ1) is 22.8. The quantitative estimate of drug-likeness (QED) is 0.480. The molecule has 0 aliphatic heterocycles. The van der Waals surface area contributed by atoms with Crippen LogP contribution in [0.25, 0.3) is 6.08 Å². The summed E-state index contributed by atoms with van der Waals surface area (Å²) in [6.07, 6.45) is 1.71. The van der Waals surface area contributed by atoms with Gasteiger partial charge in [-0.15, -0.1) is 0 Å². The van der Waals surface area contributed by atoms with E-state index in [1.54, 1.807) is 43.3 Å². The van der Waals surface area contributed by atoms with Crippen molar-refractivity contribution in [2.75, 3.05) is 40.3 Å². The molecule has 0 unspecified atom stereocenters. The summed E-state index contributed by atoms with van der Waals surface area (Å²) < 4.78 is 21.2. The topological polar surface area (TPSA) is 109 Å². The van der Waals surface area contributed by atoms with Gasteiger partial charge in [0.15, 0.2) is 17.3 Å². The third kappa shape index (κ3) is 5.09. The molecule has 160 valence electrons. The Morgan fingerprint density at radius 3 is 2.03 bits per heavy atom. The fourth-order valence-corrected chi connectivity index (χ4v) is 2.87. The number of benzene rings is 2. The molecule has 0 aromatic heterocycles. The zero-order valence-electron chi connectivity index (χ0n) is 17.7. The summed E-state index contributed by atoms with van der Waals surface area (Å²) in [7, 11) is 5.98. The Morgan fingerprint density at radius 2 is 1.53 bits per heavy atom. The van der Waals surface area contributed by atoms with Gasteiger partial charge in [-0.2, -0.15) is 0 Å². The highest BCUT2D eigenvalue weighted by molar-refractivity contribution is 6.11. The van der Waals surface area contributed by atoms with Crippen molar-refractivity contribution in [1.29, 1.82) is 0 Å². The molecule has 8 heteroatoms. The van der Waals surface area contributed by atoms with Crippen LogP contribution in [0.4, 0.5) is 5.69 Å². The summed E-state index contributed by atoms with van der Waals surface area (Å²) in [4.78, 5) is 24.6. The maximum Gasteiger partial charge on any atom is 0.238 e. The van der Waals surface area contributed by atoms with E-state index in [2.05, 4.69) is 5.32 Å². The number of hydrogen-bond donors (Lipinski definition) is 2. The second-order valence-electron chi connectivity index (χ2n) is 6.28. The molecule has 30 heavy (non-hydrogen) atoms. The normalized spacial score (nSPS) is 10.9. The van der Waals surface area contributed by atoms with Gasteiger partial charge < -0.3 is 30.0 Å². The molecule has 0 aliphatic rings. The third-order valence-electron chi connectivity index (χ3n) is 4.35. The summed E-state index contributed by atoms with van der Waals surface area (Å²) >= 11 is 0. The van der Waals surface area contributed by atoms with Gasteiger partial charge in [0.25, 0.3) is 0 Å². The predicted octanol–water partition coefficient (Wildman–Crippen LogP) is 2.90. The number of carbonyl (C=O) groups is 2. The minimum atomic E-state index is -0.348. The number of allylic oxidation sites excluding steroid dienone is 1. The molecule has 2 rings (SSSR count). The molecule has 0 spiro atoms. The number of hydrogen-bond acceptors (Lipinski definition) is 7. The van der Waals surface area contributed by atoms with Crippen molar-refractivity contribution in [2.45, 2.75) is 6.92 Å².